The van der Waals surface area contributed by atoms with Gasteiger partial charge in [0.2, 0.25) is 0 Å². The smallest absolute Gasteiger partial charge is 0.326 e. The molecule has 1 aliphatic rings. The molecule has 0 amide bonds. The van der Waals surface area contributed by atoms with Crippen molar-refractivity contribution in [2.24, 2.45) is 11.3 Å². The molecule has 0 saturated carbocycles. The summed E-state index contributed by atoms with van der Waals surface area (Å²) in [5.74, 6) is -1.53. The van der Waals surface area contributed by atoms with Crippen molar-refractivity contribution in [1.29, 1.82) is 5.26 Å². The number of carbonyl (C=O) groups excluding carboxylic acids is 2. The van der Waals surface area contributed by atoms with Crippen molar-refractivity contribution in [3.8, 4) is 6.07 Å². The van der Waals surface area contributed by atoms with E-state index in [9.17, 15) is 14.9 Å². The molecule has 0 aromatic heterocycles. The molecular formula is C13H19NO5. The Labute approximate surface area is 112 Å². The molecule has 1 aliphatic heterocycles. The number of nitrogens with zero attached hydrogens (tertiary/aromatic N) is 1. The van der Waals surface area contributed by atoms with Crippen LogP contribution in [0.15, 0.2) is 0 Å². The zero-order valence-corrected chi connectivity index (χ0v) is 11.3. The van der Waals surface area contributed by atoms with Gasteiger partial charge in [0, 0.05) is 18.9 Å². The molecular weight excluding hydrogens is 250 g/mol. The van der Waals surface area contributed by atoms with Gasteiger partial charge in [0.1, 0.15) is 0 Å². The fraction of sp³-hybridized carbons (Fsp3) is 0.769. The molecule has 1 heterocycles. The van der Waals surface area contributed by atoms with Gasteiger partial charge in [-0.3, -0.25) is 9.59 Å². The minimum absolute atomic E-state index is 0.0137. The van der Waals surface area contributed by atoms with Gasteiger partial charge in [-0.25, -0.2) is 0 Å². The lowest BCUT2D eigenvalue weighted by Gasteiger charge is -2.35. The van der Waals surface area contributed by atoms with Crippen molar-refractivity contribution in [3.63, 3.8) is 0 Å². The monoisotopic (exact) mass is 269 g/mol. The molecule has 6 heteroatoms. The summed E-state index contributed by atoms with van der Waals surface area (Å²) >= 11 is 0. The van der Waals surface area contributed by atoms with E-state index < -0.39 is 23.3 Å². The van der Waals surface area contributed by atoms with E-state index in [0.29, 0.717) is 6.61 Å². The Hall–Kier alpha value is -1.61. The van der Waals surface area contributed by atoms with E-state index >= 15 is 0 Å². The van der Waals surface area contributed by atoms with Gasteiger partial charge >= 0.3 is 11.9 Å². The second-order valence-electron chi connectivity index (χ2n) is 4.33. The maximum atomic E-state index is 12.0. The van der Waals surface area contributed by atoms with E-state index in [4.69, 9.17) is 14.2 Å². The molecule has 0 aromatic rings. The van der Waals surface area contributed by atoms with Crippen molar-refractivity contribution < 1.29 is 23.8 Å². The molecule has 19 heavy (non-hydrogen) atoms. The second-order valence-corrected chi connectivity index (χ2v) is 4.33. The van der Waals surface area contributed by atoms with Gasteiger partial charge in [0.15, 0.2) is 5.41 Å². The third-order valence-electron chi connectivity index (χ3n) is 3.21. The Kier molecular flexibility index (Phi) is 5.77. The van der Waals surface area contributed by atoms with Crippen LogP contribution in [0.2, 0.25) is 0 Å². The molecule has 6 nitrogen and oxygen atoms in total. The second kappa shape index (κ2) is 7.10. The summed E-state index contributed by atoms with van der Waals surface area (Å²) in [6.07, 6.45) is 0.229. The maximum Gasteiger partial charge on any atom is 0.326 e. The third kappa shape index (κ3) is 3.44. The Balaban J connectivity index is 2.87. The molecule has 0 bridgehead atoms. The van der Waals surface area contributed by atoms with E-state index in [1.54, 1.807) is 13.8 Å². The normalized spacial score (nSPS) is 26.3. The van der Waals surface area contributed by atoms with Crippen LogP contribution in [-0.2, 0) is 23.8 Å². The minimum Gasteiger partial charge on any atom is -0.466 e. The Morgan fingerprint density at radius 3 is 2.63 bits per heavy atom. The average molecular weight is 269 g/mol. The highest BCUT2D eigenvalue weighted by molar-refractivity contribution is 5.82. The Bertz CT molecular complexity index is 376. The Morgan fingerprint density at radius 1 is 1.37 bits per heavy atom. The summed E-state index contributed by atoms with van der Waals surface area (Å²) in [6.45, 7) is 4.36. The molecule has 1 fully saturated rings. The van der Waals surface area contributed by atoms with Crippen LogP contribution in [0.1, 0.15) is 26.7 Å². The standard InChI is InChI=1S/C13H19NO5/c1-3-18-11(15)7-10-8-17-6-5-13(10,9-14)12(16)19-4-2/h10H,3-8H2,1-2H3. The number of esters is 2. The van der Waals surface area contributed by atoms with Crippen LogP contribution < -0.4 is 0 Å². The van der Waals surface area contributed by atoms with Crippen molar-refractivity contribution in [2.75, 3.05) is 26.4 Å². The number of hydrogen-bond donors (Lipinski definition) is 0. The van der Waals surface area contributed by atoms with E-state index in [1.807, 2.05) is 6.07 Å². The van der Waals surface area contributed by atoms with Crippen molar-refractivity contribution >= 4 is 11.9 Å². The summed E-state index contributed by atoms with van der Waals surface area (Å²) in [6, 6.07) is 2.04. The molecule has 0 aliphatic carbocycles. The molecule has 2 unspecified atom stereocenters. The number of hydrogen-bond acceptors (Lipinski definition) is 6. The quantitative estimate of drug-likeness (QED) is 0.693. The summed E-state index contributed by atoms with van der Waals surface area (Å²) in [5, 5.41) is 9.39. The lowest BCUT2D eigenvalue weighted by atomic mass is 9.71. The van der Waals surface area contributed by atoms with Crippen LogP contribution in [0.3, 0.4) is 0 Å². The Morgan fingerprint density at radius 2 is 2.05 bits per heavy atom. The first-order valence-electron chi connectivity index (χ1n) is 6.42. The van der Waals surface area contributed by atoms with Crippen LogP contribution in [0.4, 0.5) is 0 Å². The topological polar surface area (TPSA) is 85.6 Å². The van der Waals surface area contributed by atoms with Crippen molar-refractivity contribution in [1.82, 2.24) is 0 Å². The van der Waals surface area contributed by atoms with E-state index in [1.165, 1.54) is 0 Å². The zero-order chi connectivity index (χ0) is 14.3. The van der Waals surface area contributed by atoms with Gasteiger partial charge < -0.3 is 14.2 Å². The molecule has 106 valence electrons. The van der Waals surface area contributed by atoms with Crippen LogP contribution in [0.25, 0.3) is 0 Å². The number of rotatable bonds is 5. The number of carbonyl (C=O) groups is 2. The predicted molar refractivity (Wildman–Crippen MR) is 64.9 cm³/mol. The van der Waals surface area contributed by atoms with Crippen molar-refractivity contribution in [3.05, 3.63) is 0 Å². The van der Waals surface area contributed by atoms with Crippen molar-refractivity contribution in [2.45, 2.75) is 26.7 Å². The summed E-state index contributed by atoms with van der Waals surface area (Å²) in [5.41, 5.74) is -1.30. The summed E-state index contributed by atoms with van der Waals surface area (Å²) in [7, 11) is 0. The van der Waals surface area contributed by atoms with Crippen LogP contribution in [-0.4, -0.2) is 38.4 Å². The predicted octanol–water partition coefficient (Wildman–Crippen LogP) is 1.05. The molecule has 0 aromatic carbocycles. The third-order valence-corrected chi connectivity index (χ3v) is 3.21. The molecule has 2 atom stereocenters. The van der Waals surface area contributed by atoms with Gasteiger partial charge in [-0.05, 0) is 13.8 Å². The fourth-order valence-corrected chi connectivity index (χ4v) is 2.18. The van der Waals surface area contributed by atoms with Gasteiger partial charge in [-0.2, -0.15) is 5.26 Å². The first-order chi connectivity index (χ1) is 9.10. The van der Waals surface area contributed by atoms with Crippen LogP contribution in [0, 0.1) is 22.7 Å². The van der Waals surface area contributed by atoms with E-state index in [0.717, 1.165) is 0 Å². The lowest BCUT2D eigenvalue weighted by Crippen LogP contribution is -2.46. The number of nitriles is 1. The van der Waals surface area contributed by atoms with Gasteiger partial charge in [-0.15, -0.1) is 0 Å². The van der Waals surface area contributed by atoms with Gasteiger partial charge in [0.25, 0.3) is 0 Å². The highest BCUT2D eigenvalue weighted by Gasteiger charge is 2.50. The average Bonchev–Trinajstić information content (AvgIpc) is 2.40. The maximum absolute atomic E-state index is 12.0. The highest BCUT2D eigenvalue weighted by Crippen LogP contribution is 2.38. The zero-order valence-electron chi connectivity index (χ0n) is 11.3. The minimum atomic E-state index is -1.30. The van der Waals surface area contributed by atoms with E-state index in [-0.39, 0.29) is 32.7 Å². The molecule has 0 spiro atoms. The summed E-state index contributed by atoms with van der Waals surface area (Å²) in [4.78, 5) is 23.6. The lowest BCUT2D eigenvalue weighted by molar-refractivity contribution is -0.164. The molecule has 0 N–H and O–H groups in total. The fourth-order valence-electron chi connectivity index (χ4n) is 2.18. The SMILES string of the molecule is CCOC(=O)CC1COCCC1(C#N)C(=O)OCC. The van der Waals surface area contributed by atoms with Gasteiger partial charge in [-0.1, -0.05) is 0 Å². The molecule has 0 radical (unpaired) electrons. The first kappa shape index (κ1) is 15.4. The number of ether oxygens (including phenoxy) is 3. The molecule has 1 rings (SSSR count). The van der Waals surface area contributed by atoms with E-state index in [2.05, 4.69) is 0 Å². The molecule has 1 saturated heterocycles. The highest BCUT2D eigenvalue weighted by atomic mass is 16.5. The first-order valence-corrected chi connectivity index (χ1v) is 6.42. The largest absolute Gasteiger partial charge is 0.466 e. The van der Waals surface area contributed by atoms with Crippen LogP contribution in [0.5, 0.6) is 0 Å². The van der Waals surface area contributed by atoms with Crippen LogP contribution >= 0.6 is 0 Å². The van der Waals surface area contributed by atoms with Gasteiger partial charge in [0.05, 0.1) is 32.3 Å². The summed E-state index contributed by atoms with van der Waals surface area (Å²) < 4.78 is 15.1.